The van der Waals surface area contributed by atoms with Gasteiger partial charge in [0, 0.05) is 17.3 Å². The molecule has 1 aliphatic carbocycles. The first kappa shape index (κ1) is 14.1. The Morgan fingerprint density at radius 2 is 2.11 bits per heavy atom. The predicted molar refractivity (Wildman–Crippen MR) is 80.0 cm³/mol. The van der Waals surface area contributed by atoms with Crippen molar-refractivity contribution in [2.24, 2.45) is 0 Å². The average molecular weight is 330 g/mol. The molecule has 1 aromatic rings. The van der Waals surface area contributed by atoms with E-state index < -0.39 is 0 Å². The molecule has 0 radical (unpaired) electrons. The number of carbonyl (C=O) groups is 1. The maximum absolute atomic E-state index is 11.8. The summed E-state index contributed by atoms with van der Waals surface area (Å²) in [6.07, 6.45) is 8.83. The minimum atomic E-state index is 0.234. The summed E-state index contributed by atoms with van der Waals surface area (Å²) < 4.78 is 1.17. The molecule has 0 bridgehead atoms. The molecule has 2 rings (SSSR count). The largest absolute Gasteiger partial charge is 0.353 e. The Kier molecular flexibility index (Phi) is 5.70. The number of carbonyl (C=O) groups excluding carboxylic acids is 1. The van der Waals surface area contributed by atoms with Crippen LogP contribution in [0.5, 0.6) is 0 Å². The van der Waals surface area contributed by atoms with E-state index in [2.05, 4.69) is 33.4 Å². The SMILES string of the molecule is O=C(CCCc1ccc(Br)s1)NC1CCCCC1. The van der Waals surface area contributed by atoms with Gasteiger partial charge in [0.15, 0.2) is 0 Å². The lowest BCUT2D eigenvalue weighted by molar-refractivity contribution is -0.122. The summed E-state index contributed by atoms with van der Waals surface area (Å²) in [7, 11) is 0. The number of hydrogen-bond acceptors (Lipinski definition) is 2. The van der Waals surface area contributed by atoms with E-state index >= 15 is 0 Å². The van der Waals surface area contributed by atoms with Gasteiger partial charge < -0.3 is 5.32 Å². The number of thiophene rings is 1. The Labute approximate surface area is 121 Å². The van der Waals surface area contributed by atoms with Gasteiger partial charge in [-0.15, -0.1) is 11.3 Å². The van der Waals surface area contributed by atoms with E-state index in [4.69, 9.17) is 0 Å². The summed E-state index contributed by atoms with van der Waals surface area (Å²) >= 11 is 5.22. The highest BCUT2D eigenvalue weighted by Crippen LogP contribution is 2.23. The van der Waals surface area contributed by atoms with E-state index in [9.17, 15) is 4.79 Å². The van der Waals surface area contributed by atoms with Gasteiger partial charge >= 0.3 is 0 Å². The minimum absolute atomic E-state index is 0.234. The lowest BCUT2D eigenvalue weighted by Gasteiger charge is -2.22. The quantitative estimate of drug-likeness (QED) is 0.858. The molecule has 1 amide bonds. The number of rotatable bonds is 5. The van der Waals surface area contributed by atoms with Crippen LogP contribution in [0.1, 0.15) is 49.8 Å². The molecule has 0 aliphatic heterocycles. The summed E-state index contributed by atoms with van der Waals surface area (Å²) in [4.78, 5) is 13.1. The smallest absolute Gasteiger partial charge is 0.220 e. The van der Waals surface area contributed by atoms with Crippen LogP contribution >= 0.6 is 27.3 Å². The van der Waals surface area contributed by atoms with Crippen LogP contribution in [0.4, 0.5) is 0 Å². The van der Waals surface area contributed by atoms with Crippen molar-refractivity contribution in [3.63, 3.8) is 0 Å². The Hall–Kier alpha value is -0.350. The van der Waals surface area contributed by atoms with Crippen molar-refractivity contribution in [3.8, 4) is 0 Å². The highest BCUT2D eigenvalue weighted by molar-refractivity contribution is 9.11. The Morgan fingerprint density at radius 3 is 2.78 bits per heavy atom. The van der Waals surface area contributed by atoms with Crippen molar-refractivity contribution < 1.29 is 4.79 Å². The predicted octanol–water partition coefficient (Wildman–Crippen LogP) is 4.28. The fourth-order valence-electron chi connectivity index (χ4n) is 2.46. The molecule has 0 unspecified atom stereocenters. The number of nitrogens with one attached hydrogen (secondary N) is 1. The highest BCUT2D eigenvalue weighted by Gasteiger charge is 2.15. The molecule has 1 aromatic heterocycles. The molecule has 4 heteroatoms. The molecule has 2 nitrogen and oxygen atoms in total. The van der Waals surface area contributed by atoms with E-state index in [1.807, 2.05) is 0 Å². The van der Waals surface area contributed by atoms with Gasteiger partial charge in [0.25, 0.3) is 0 Å². The molecular weight excluding hydrogens is 310 g/mol. The number of aryl methyl sites for hydroxylation is 1. The van der Waals surface area contributed by atoms with Gasteiger partial charge in [-0.1, -0.05) is 19.3 Å². The summed E-state index contributed by atoms with van der Waals surface area (Å²) in [5.74, 6) is 0.234. The maximum Gasteiger partial charge on any atom is 0.220 e. The highest BCUT2D eigenvalue weighted by atomic mass is 79.9. The Bertz CT molecular complexity index is 385. The van der Waals surface area contributed by atoms with Crippen molar-refractivity contribution >= 4 is 33.2 Å². The van der Waals surface area contributed by atoms with Crippen molar-refractivity contribution in [2.45, 2.75) is 57.4 Å². The van der Waals surface area contributed by atoms with Crippen molar-refractivity contribution in [1.82, 2.24) is 5.32 Å². The lowest BCUT2D eigenvalue weighted by Crippen LogP contribution is -2.36. The molecule has 1 saturated carbocycles. The third kappa shape index (κ3) is 4.73. The molecule has 0 spiro atoms. The second-order valence-corrected chi connectivity index (χ2v) is 7.51. The van der Waals surface area contributed by atoms with Crippen LogP contribution in [0.15, 0.2) is 15.9 Å². The first-order chi connectivity index (χ1) is 8.74. The molecule has 100 valence electrons. The molecule has 1 heterocycles. The Morgan fingerprint density at radius 1 is 1.33 bits per heavy atom. The van der Waals surface area contributed by atoms with E-state index in [1.165, 1.54) is 40.8 Å². The standard InChI is InChI=1S/C14H20BrNOS/c15-13-10-9-12(18-13)7-4-8-14(17)16-11-5-2-1-3-6-11/h9-11H,1-8H2,(H,16,17). The maximum atomic E-state index is 11.8. The van der Waals surface area contributed by atoms with Crippen molar-refractivity contribution in [2.75, 3.05) is 0 Å². The number of halogens is 1. The van der Waals surface area contributed by atoms with Gasteiger partial charge in [-0.25, -0.2) is 0 Å². The van der Waals surface area contributed by atoms with Crippen LogP contribution < -0.4 is 5.32 Å². The van der Waals surface area contributed by atoms with Crippen LogP contribution in [0.3, 0.4) is 0 Å². The van der Waals surface area contributed by atoms with E-state index in [0.717, 1.165) is 12.8 Å². The van der Waals surface area contributed by atoms with Crippen LogP contribution in [0.2, 0.25) is 0 Å². The number of hydrogen-bond donors (Lipinski definition) is 1. The normalized spacial score (nSPS) is 16.7. The van der Waals surface area contributed by atoms with Gasteiger partial charge in [0.1, 0.15) is 0 Å². The Balaban J connectivity index is 1.62. The number of amides is 1. The molecule has 0 atom stereocenters. The van der Waals surface area contributed by atoms with E-state index in [0.29, 0.717) is 12.5 Å². The molecule has 1 N–H and O–H groups in total. The molecule has 1 aliphatic rings. The van der Waals surface area contributed by atoms with E-state index in [-0.39, 0.29) is 5.91 Å². The summed E-state index contributed by atoms with van der Waals surface area (Å²) in [6.45, 7) is 0. The minimum Gasteiger partial charge on any atom is -0.353 e. The van der Waals surface area contributed by atoms with Gasteiger partial charge in [-0.2, -0.15) is 0 Å². The van der Waals surface area contributed by atoms with Crippen molar-refractivity contribution in [1.29, 1.82) is 0 Å². The topological polar surface area (TPSA) is 29.1 Å². The summed E-state index contributed by atoms with van der Waals surface area (Å²) in [5, 5.41) is 3.17. The molecule has 1 fully saturated rings. The first-order valence-corrected chi connectivity index (χ1v) is 8.38. The van der Waals surface area contributed by atoms with Crippen LogP contribution in [-0.4, -0.2) is 11.9 Å². The molecule has 0 saturated heterocycles. The average Bonchev–Trinajstić information content (AvgIpc) is 2.76. The molecular formula is C14H20BrNOS. The van der Waals surface area contributed by atoms with Gasteiger partial charge in [0.05, 0.1) is 3.79 Å². The third-order valence-electron chi connectivity index (χ3n) is 3.43. The second kappa shape index (κ2) is 7.29. The third-order valence-corrected chi connectivity index (χ3v) is 5.11. The fourth-order valence-corrected chi connectivity index (χ4v) is 3.98. The van der Waals surface area contributed by atoms with Gasteiger partial charge in [0.2, 0.25) is 5.91 Å². The molecule has 18 heavy (non-hydrogen) atoms. The summed E-state index contributed by atoms with van der Waals surface area (Å²) in [5.41, 5.74) is 0. The fraction of sp³-hybridized carbons (Fsp3) is 0.643. The van der Waals surface area contributed by atoms with Gasteiger partial charge in [-0.3, -0.25) is 4.79 Å². The van der Waals surface area contributed by atoms with Crippen LogP contribution in [0, 0.1) is 0 Å². The zero-order valence-corrected chi connectivity index (χ0v) is 13.0. The lowest BCUT2D eigenvalue weighted by atomic mass is 9.95. The van der Waals surface area contributed by atoms with Crippen molar-refractivity contribution in [3.05, 3.63) is 20.8 Å². The summed E-state index contributed by atoms with van der Waals surface area (Å²) in [6, 6.07) is 4.65. The molecule has 0 aromatic carbocycles. The van der Waals surface area contributed by atoms with Crippen LogP contribution in [0.25, 0.3) is 0 Å². The first-order valence-electron chi connectivity index (χ1n) is 6.77. The second-order valence-electron chi connectivity index (χ2n) is 4.96. The van der Waals surface area contributed by atoms with Crippen LogP contribution in [-0.2, 0) is 11.2 Å². The zero-order chi connectivity index (χ0) is 12.8. The zero-order valence-electron chi connectivity index (χ0n) is 10.6. The van der Waals surface area contributed by atoms with Gasteiger partial charge in [-0.05, 0) is 53.7 Å². The monoisotopic (exact) mass is 329 g/mol. The van der Waals surface area contributed by atoms with E-state index in [1.54, 1.807) is 11.3 Å².